The maximum Gasteiger partial charge on any atom is 0.317 e. The molecule has 0 aliphatic carbocycles. The van der Waals surface area contributed by atoms with Gasteiger partial charge < -0.3 is 10.2 Å². The van der Waals surface area contributed by atoms with Crippen LogP contribution in [-0.4, -0.2) is 24.5 Å². The van der Waals surface area contributed by atoms with Gasteiger partial charge in [-0.15, -0.1) is 0 Å². The molecule has 1 N–H and O–H groups in total. The summed E-state index contributed by atoms with van der Waals surface area (Å²) in [6.45, 7) is 3.27. The summed E-state index contributed by atoms with van der Waals surface area (Å²) in [5.74, 6) is -0.264. The van der Waals surface area contributed by atoms with Crippen molar-refractivity contribution in [2.75, 3.05) is 13.6 Å². The van der Waals surface area contributed by atoms with Gasteiger partial charge in [-0.1, -0.05) is 25.5 Å². The molecule has 3 nitrogen and oxygen atoms in total. The van der Waals surface area contributed by atoms with Gasteiger partial charge in [-0.05, 0) is 24.1 Å². The van der Waals surface area contributed by atoms with Crippen LogP contribution < -0.4 is 5.32 Å². The van der Waals surface area contributed by atoms with Gasteiger partial charge in [-0.3, -0.25) is 0 Å². The maximum absolute atomic E-state index is 12.7. The van der Waals surface area contributed by atoms with Crippen LogP contribution in [0.5, 0.6) is 0 Å². The van der Waals surface area contributed by atoms with Crippen LogP contribution in [0, 0.1) is 5.82 Å². The van der Waals surface area contributed by atoms with Gasteiger partial charge in [0.2, 0.25) is 0 Å². The first-order valence-corrected chi connectivity index (χ1v) is 5.87. The number of rotatable bonds is 5. The molecule has 94 valence electrons. The Morgan fingerprint density at radius 1 is 1.35 bits per heavy atom. The molecule has 0 fully saturated rings. The minimum absolute atomic E-state index is 0.0947. The van der Waals surface area contributed by atoms with Gasteiger partial charge in [0.15, 0.2) is 0 Å². The first kappa shape index (κ1) is 13.5. The topological polar surface area (TPSA) is 32.3 Å². The summed E-state index contributed by atoms with van der Waals surface area (Å²) in [5.41, 5.74) is 0.892. The summed E-state index contributed by atoms with van der Waals surface area (Å²) in [5, 5.41) is 2.79. The molecule has 0 heterocycles. The molecule has 1 aromatic carbocycles. The lowest BCUT2D eigenvalue weighted by molar-refractivity contribution is 0.207. The molecule has 0 unspecified atom stereocenters. The first-order chi connectivity index (χ1) is 8.13. The molecular weight excluding hydrogens is 219 g/mol. The molecule has 4 heteroatoms. The number of nitrogens with zero attached hydrogens (tertiary/aromatic N) is 1. The highest BCUT2D eigenvalue weighted by Crippen LogP contribution is 2.02. The highest BCUT2D eigenvalue weighted by molar-refractivity contribution is 5.73. The molecule has 0 radical (unpaired) electrons. The number of carbonyl (C=O) groups is 1. The number of benzene rings is 1. The smallest absolute Gasteiger partial charge is 0.317 e. The summed E-state index contributed by atoms with van der Waals surface area (Å²) in [6, 6.07) is 6.02. The van der Waals surface area contributed by atoms with Crippen molar-refractivity contribution >= 4 is 6.03 Å². The normalized spacial score (nSPS) is 10.1. The number of hydrogen-bond donors (Lipinski definition) is 1. The number of amides is 2. The summed E-state index contributed by atoms with van der Waals surface area (Å²) >= 11 is 0. The van der Waals surface area contributed by atoms with Crippen LogP contribution in [0.3, 0.4) is 0 Å². The standard InChI is InChI=1S/C13H19FN2O/c1-3-4-9-16(2)13(17)15-10-11-5-7-12(14)8-6-11/h5-8H,3-4,9-10H2,1-2H3,(H,15,17). The average Bonchev–Trinajstić information content (AvgIpc) is 2.34. The van der Waals surface area contributed by atoms with Crippen molar-refractivity contribution < 1.29 is 9.18 Å². The molecule has 0 saturated heterocycles. The van der Waals surface area contributed by atoms with Crippen molar-refractivity contribution in [3.05, 3.63) is 35.6 Å². The van der Waals surface area contributed by atoms with Gasteiger partial charge in [0.1, 0.15) is 5.82 Å². The lowest BCUT2D eigenvalue weighted by Crippen LogP contribution is -2.37. The van der Waals surface area contributed by atoms with E-state index in [4.69, 9.17) is 0 Å². The molecule has 1 rings (SSSR count). The number of unbranched alkanes of at least 4 members (excludes halogenated alkanes) is 1. The number of nitrogens with one attached hydrogen (secondary N) is 1. The number of carbonyl (C=O) groups excluding carboxylic acids is 1. The largest absolute Gasteiger partial charge is 0.334 e. The molecule has 0 aromatic heterocycles. The van der Waals surface area contributed by atoms with Crippen LogP contribution in [0.1, 0.15) is 25.3 Å². The van der Waals surface area contributed by atoms with Gasteiger partial charge in [0, 0.05) is 20.1 Å². The fourth-order valence-corrected chi connectivity index (χ4v) is 1.41. The van der Waals surface area contributed by atoms with E-state index in [2.05, 4.69) is 12.2 Å². The zero-order valence-corrected chi connectivity index (χ0v) is 10.4. The number of hydrogen-bond acceptors (Lipinski definition) is 1. The lowest BCUT2D eigenvalue weighted by atomic mass is 10.2. The minimum atomic E-state index is -0.264. The third kappa shape index (κ3) is 4.85. The van der Waals surface area contributed by atoms with E-state index in [-0.39, 0.29) is 11.8 Å². The van der Waals surface area contributed by atoms with Crippen molar-refractivity contribution in [1.82, 2.24) is 10.2 Å². The Hall–Kier alpha value is -1.58. The third-order valence-electron chi connectivity index (χ3n) is 2.55. The Balaban J connectivity index is 2.34. The first-order valence-electron chi connectivity index (χ1n) is 5.87. The zero-order chi connectivity index (χ0) is 12.7. The van der Waals surface area contributed by atoms with Crippen molar-refractivity contribution in [3.63, 3.8) is 0 Å². The van der Waals surface area contributed by atoms with E-state index in [1.165, 1.54) is 12.1 Å². The van der Waals surface area contributed by atoms with E-state index in [1.54, 1.807) is 24.1 Å². The van der Waals surface area contributed by atoms with Gasteiger partial charge in [-0.2, -0.15) is 0 Å². The fraction of sp³-hybridized carbons (Fsp3) is 0.462. The monoisotopic (exact) mass is 238 g/mol. The van der Waals surface area contributed by atoms with Crippen LogP contribution >= 0.6 is 0 Å². The van der Waals surface area contributed by atoms with Crippen molar-refractivity contribution in [2.24, 2.45) is 0 Å². The molecule has 0 spiro atoms. The van der Waals surface area contributed by atoms with E-state index >= 15 is 0 Å². The molecule has 0 atom stereocenters. The van der Waals surface area contributed by atoms with E-state index < -0.39 is 0 Å². The van der Waals surface area contributed by atoms with Crippen LogP contribution in [0.2, 0.25) is 0 Å². The van der Waals surface area contributed by atoms with Crippen molar-refractivity contribution in [2.45, 2.75) is 26.3 Å². The highest BCUT2D eigenvalue weighted by Gasteiger charge is 2.06. The van der Waals surface area contributed by atoms with Gasteiger partial charge >= 0.3 is 6.03 Å². The Bertz CT molecular complexity index is 351. The average molecular weight is 238 g/mol. The molecule has 1 aromatic rings. The van der Waals surface area contributed by atoms with E-state index in [0.717, 1.165) is 24.9 Å². The third-order valence-corrected chi connectivity index (χ3v) is 2.55. The molecule has 17 heavy (non-hydrogen) atoms. The lowest BCUT2D eigenvalue weighted by Gasteiger charge is -2.17. The Morgan fingerprint density at radius 3 is 2.59 bits per heavy atom. The van der Waals surface area contributed by atoms with Crippen molar-refractivity contribution in [3.8, 4) is 0 Å². The van der Waals surface area contributed by atoms with Crippen LogP contribution in [0.25, 0.3) is 0 Å². The van der Waals surface area contributed by atoms with Crippen LogP contribution in [-0.2, 0) is 6.54 Å². The quantitative estimate of drug-likeness (QED) is 0.840. The minimum Gasteiger partial charge on any atom is -0.334 e. The second-order valence-electron chi connectivity index (χ2n) is 4.06. The van der Waals surface area contributed by atoms with E-state index in [0.29, 0.717) is 6.54 Å². The summed E-state index contributed by atoms with van der Waals surface area (Å²) < 4.78 is 12.7. The van der Waals surface area contributed by atoms with E-state index in [1.807, 2.05) is 0 Å². The second kappa shape index (κ2) is 6.89. The fourth-order valence-electron chi connectivity index (χ4n) is 1.41. The molecule has 2 amide bonds. The van der Waals surface area contributed by atoms with Crippen molar-refractivity contribution in [1.29, 1.82) is 0 Å². The van der Waals surface area contributed by atoms with E-state index in [9.17, 15) is 9.18 Å². The maximum atomic E-state index is 12.7. The molecular formula is C13H19FN2O. The molecule has 0 aliphatic heterocycles. The Morgan fingerprint density at radius 2 is 2.00 bits per heavy atom. The predicted octanol–water partition coefficient (Wildman–Crippen LogP) is 2.77. The second-order valence-corrected chi connectivity index (χ2v) is 4.06. The molecule has 0 saturated carbocycles. The summed E-state index contributed by atoms with van der Waals surface area (Å²) in [7, 11) is 1.77. The molecule has 0 bridgehead atoms. The molecule has 0 aliphatic rings. The van der Waals surface area contributed by atoms with Gasteiger partial charge in [0.05, 0.1) is 0 Å². The van der Waals surface area contributed by atoms with Crippen LogP contribution in [0.4, 0.5) is 9.18 Å². The summed E-state index contributed by atoms with van der Waals surface area (Å²) in [4.78, 5) is 13.3. The SMILES string of the molecule is CCCCN(C)C(=O)NCc1ccc(F)cc1. The van der Waals surface area contributed by atoms with Gasteiger partial charge in [-0.25, -0.2) is 9.18 Å². The zero-order valence-electron chi connectivity index (χ0n) is 10.4. The van der Waals surface area contributed by atoms with Gasteiger partial charge in [0.25, 0.3) is 0 Å². The highest BCUT2D eigenvalue weighted by atomic mass is 19.1. The number of urea groups is 1. The predicted molar refractivity (Wildman–Crippen MR) is 66.2 cm³/mol. The number of halogens is 1. The Kier molecular flexibility index (Phi) is 5.46. The summed E-state index contributed by atoms with van der Waals surface area (Å²) in [6.07, 6.45) is 2.07. The Labute approximate surface area is 102 Å². The van der Waals surface area contributed by atoms with Crippen LogP contribution in [0.15, 0.2) is 24.3 Å².